The van der Waals surface area contributed by atoms with Gasteiger partial charge in [0, 0.05) is 16.3 Å². The average Bonchev–Trinajstić information content (AvgIpc) is 3.12. The molecule has 6 nitrogen and oxygen atoms in total. The highest BCUT2D eigenvalue weighted by Crippen LogP contribution is 2.37. The lowest BCUT2D eigenvalue weighted by molar-refractivity contribution is -0.142. The second-order valence-electron chi connectivity index (χ2n) is 6.94. The van der Waals surface area contributed by atoms with Gasteiger partial charge in [0.05, 0.1) is 16.8 Å². The Hall–Kier alpha value is -3.50. The van der Waals surface area contributed by atoms with E-state index in [0.717, 1.165) is 47.0 Å². The van der Waals surface area contributed by atoms with Gasteiger partial charge < -0.3 is 10.1 Å². The molecule has 1 amide bonds. The van der Waals surface area contributed by atoms with Crippen molar-refractivity contribution < 1.29 is 14.3 Å². The second kappa shape index (κ2) is 8.89. The quantitative estimate of drug-likeness (QED) is 0.495. The summed E-state index contributed by atoms with van der Waals surface area (Å²) in [4.78, 5) is 29.8. The first kappa shape index (κ1) is 19.8. The van der Waals surface area contributed by atoms with Gasteiger partial charge in [-0.05, 0) is 49.5 Å². The molecule has 1 aromatic carbocycles. The lowest BCUT2D eigenvalue weighted by Crippen LogP contribution is -2.20. The number of hydrogen-bond donors (Lipinski definition) is 1. The van der Waals surface area contributed by atoms with Crippen LogP contribution < -0.4 is 5.32 Å². The van der Waals surface area contributed by atoms with Crippen molar-refractivity contribution in [2.24, 2.45) is 0 Å². The van der Waals surface area contributed by atoms with Crippen molar-refractivity contribution in [3.63, 3.8) is 0 Å². The summed E-state index contributed by atoms with van der Waals surface area (Å²) >= 11 is 1.44. The minimum atomic E-state index is -0.633. The third-order valence-corrected chi connectivity index (χ3v) is 6.10. The van der Waals surface area contributed by atoms with Crippen molar-refractivity contribution >= 4 is 45.2 Å². The van der Waals surface area contributed by atoms with E-state index in [1.807, 2.05) is 30.3 Å². The van der Waals surface area contributed by atoms with Crippen LogP contribution in [0.1, 0.15) is 34.5 Å². The molecular weight excluding hydrogens is 398 g/mol. The Labute approximate surface area is 177 Å². The maximum Gasteiger partial charge on any atom is 0.331 e. The van der Waals surface area contributed by atoms with E-state index in [1.54, 1.807) is 12.1 Å². The molecule has 1 N–H and O–H groups in total. The number of rotatable bonds is 5. The summed E-state index contributed by atoms with van der Waals surface area (Å²) in [6.07, 6.45) is 6.76. The van der Waals surface area contributed by atoms with E-state index in [-0.39, 0.29) is 0 Å². The van der Waals surface area contributed by atoms with E-state index in [1.165, 1.54) is 17.4 Å². The maximum atomic E-state index is 12.2. The number of fused-ring (bicyclic) bond motifs is 2. The number of nitrogens with zero attached hydrogens (tertiary/aromatic N) is 2. The number of aromatic nitrogens is 1. The molecular formula is C23H19N3O3S. The summed E-state index contributed by atoms with van der Waals surface area (Å²) in [5.74, 6) is -1.10. The van der Waals surface area contributed by atoms with Gasteiger partial charge >= 0.3 is 5.97 Å². The van der Waals surface area contributed by atoms with Crippen molar-refractivity contribution in [3.8, 4) is 6.07 Å². The van der Waals surface area contributed by atoms with E-state index in [0.29, 0.717) is 16.3 Å². The number of amides is 1. The Kier molecular flexibility index (Phi) is 5.87. The number of thiophene rings is 1. The third kappa shape index (κ3) is 4.39. The van der Waals surface area contributed by atoms with Gasteiger partial charge in [-0.1, -0.05) is 24.3 Å². The van der Waals surface area contributed by atoms with Crippen LogP contribution in [-0.4, -0.2) is 23.5 Å². The van der Waals surface area contributed by atoms with Crippen molar-refractivity contribution in [3.05, 3.63) is 64.2 Å². The predicted molar refractivity (Wildman–Crippen MR) is 116 cm³/mol. The molecule has 0 atom stereocenters. The van der Waals surface area contributed by atoms with Gasteiger partial charge in [-0.2, -0.15) is 5.26 Å². The van der Waals surface area contributed by atoms with Gasteiger partial charge in [0.2, 0.25) is 0 Å². The number of para-hydroxylation sites is 1. The zero-order valence-electron chi connectivity index (χ0n) is 16.2. The number of nitriles is 1. The molecule has 3 aromatic rings. The highest BCUT2D eigenvalue weighted by Gasteiger charge is 2.21. The molecule has 1 aliphatic rings. The molecule has 0 unspecified atom stereocenters. The van der Waals surface area contributed by atoms with Gasteiger partial charge in [-0.3, -0.25) is 4.79 Å². The van der Waals surface area contributed by atoms with Crippen LogP contribution in [0.2, 0.25) is 0 Å². The van der Waals surface area contributed by atoms with E-state index in [9.17, 15) is 14.9 Å². The number of carbonyl (C=O) groups is 2. The number of benzene rings is 1. The summed E-state index contributed by atoms with van der Waals surface area (Å²) in [6.45, 7) is -0.415. The van der Waals surface area contributed by atoms with Crippen molar-refractivity contribution in [2.45, 2.75) is 25.7 Å². The van der Waals surface area contributed by atoms with Gasteiger partial charge in [0.1, 0.15) is 11.1 Å². The fourth-order valence-electron chi connectivity index (χ4n) is 3.45. The smallest absolute Gasteiger partial charge is 0.331 e. The highest BCUT2D eigenvalue weighted by atomic mass is 32.1. The molecule has 0 spiro atoms. The molecule has 0 bridgehead atoms. The number of ether oxygens (including phenoxy) is 1. The number of hydrogen-bond acceptors (Lipinski definition) is 6. The number of aryl methyl sites for hydroxylation is 1. The van der Waals surface area contributed by atoms with Crippen LogP contribution in [0.5, 0.6) is 0 Å². The largest absolute Gasteiger partial charge is 0.452 e. The number of esters is 1. The van der Waals surface area contributed by atoms with Crippen LogP contribution >= 0.6 is 11.3 Å². The molecule has 0 radical (unpaired) electrons. The Morgan fingerprint density at radius 3 is 2.90 bits per heavy atom. The fourth-order valence-corrected chi connectivity index (χ4v) is 4.70. The van der Waals surface area contributed by atoms with E-state index in [4.69, 9.17) is 4.74 Å². The molecule has 7 heteroatoms. The number of anilines is 1. The molecule has 0 fully saturated rings. The van der Waals surface area contributed by atoms with Crippen LogP contribution in [0.3, 0.4) is 0 Å². The van der Waals surface area contributed by atoms with Crippen LogP contribution in [-0.2, 0) is 27.2 Å². The monoisotopic (exact) mass is 417 g/mol. The predicted octanol–water partition coefficient (Wildman–Crippen LogP) is 4.24. The fraction of sp³-hybridized carbons (Fsp3) is 0.217. The summed E-state index contributed by atoms with van der Waals surface area (Å²) < 4.78 is 5.02. The molecule has 150 valence electrons. The normalized spacial score (nSPS) is 13.0. The highest BCUT2D eigenvalue weighted by molar-refractivity contribution is 7.16. The van der Waals surface area contributed by atoms with Crippen LogP contribution in [0.25, 0.3) is 17.0 Å². The number of nitrogens with one attached hydrogen (secondary N) is 1. The molecule has 1 aliphatic carbocycles. The van der Waals surface area contributed by atoms with Crippen LogP contribution in [0, 0.1) is 11.3 Å². The summed E-state index contributed by atoms with van der Waals surface area (Å²) in [7, 11) is 0. The average molecular weight is 417 g/mol. The summed E-state index contributed by atoms with van der Waals surface area (Å²) in [5, 5.41) is 13.7. The number of pyridine rings is 1. The molecule has 2 aromatic heterocycles. The van der Waals surface area contributed by atoms with E-state index >= 15 is 0 Å². The SMILES string of the molecule is N#Cc1c(NC(=O)COC(=O)/C=C/c2ccc3ccccc3n2)sc2c1CCCC2. The lowest BCUT2D eigenvalue weighted by atomic mass is 9.96. The molecule has 0 saturated heterocycles. The number of carbonyl (C=O) groups excluding carboxylic acids is 2. The molecule has 0 saturated carbocycles. The van der Waals surface area contributed by atoms with Gasteiger partial charge in [-0.25, -0.2) is 9.78 Å². The first-order valence-corrected chi connectivity index (χ1v) is 10.5. The minimum Gasteiger partial charge on any atom is -0.452 e. The van der Waals surface area contributed by atoms with Crippen molar-refractivity contribution in [1.82, 2.24) is 4.98 Å². The molecule has 30 heavy (non-hydrogen) atoms. The van der Waals surface area contributed by atoms with Gasteiger partial charge in [0.25, 0.3) is 5.91 Å². The topological polar surface area (TPSA) is 92.1 Å². The van der Waals surface area contributed by atoms with E-state index in [2.05, 4.69) is 16.4 Å². The molecule has 0 aliphatic heterocycles. The maximum absolute atomic E-state index is 12.2. The van der Waals surface area contributed by atoms with Crippen molar-refractivity contribution in [1.29, 1.82) is 5.26 Å². The minimum absolute atomic E-state index is 0.415. The molecule has 4 rings (SSSR count). The zero-order valence-corrected chi connectivity index (χ0v) is 17.0. The Bertz CT molecular complexity index is 1190. The lowest BCUT2D eigenvalue weighted by Gasteiger charge is -2.09. The summed E-state index contributed by atoms with van der Waals surface area (Å²) in [5.41, 5.74) is 3.04. The summed E-state index contributed by atoms with van der Waals surface area (Å²) in [6, 6.07) is 13.6. The Balaban J connectivity index is 1.33. The Morgan fingerprint density at radius 1 is 1.20 bits per heavy atom. The first-order chi connectivity index (χ1) is 14.6. The second-order valence-corrected chi connectivity index (χ2v) is 8.05. The molecule has 2 heterocycles. The Morgan fingerprint density at radius 2 is 2.03 bits per heavy atom. The van der Waals surface area contributed by atoms with Crippen LogP contribution in [0.15, 0.2) is 42.5 Å². The van der Waals surface area contributed by atoms with E-state index < -0.39 is 18.5 Å². The van der Waals surface area contributed by atoms with Gasteiger partial charge in [0.15, 0.2) is 6.61 Å². The standard InChI is InChI=1S/C23H19N3O3S/c24-13-18-17-6-2-4-8-20(17)30-23(18)26-21(27)14-29-22(28)12-11-16-10-9-15-5-1-3-7-19(15)25-16/h1,3,5,7,9-12H,2,4,6,8,14H2,(H,26,27)/b12-11+. The van der Waals surface area contributed by atoms with Crippen molar-refractivity contribution in [2.75, 3.05) is 11.9 Å². The first-order valence-electron chi connectivity index (χ1n) is 9.69. The van der Waals surface area contributed by atoms with Crippen LogP contribution in [0.4, 0.5) is 5.00 Å². The van der Waals surface area contributed by atoms with Gasteiger partial charge in [-0.15, -0.1) is 11.3 Å². The third-order valence-electron chi connectivity index (χ3n) is 4.89. The zero-order chi connectivity index (χ0) is 20.9.